The highest BCUT2D eigenvalue weighted by molar-refractivity contribution is 7.87. The molecule has 5 atom stereocenters. The van der Waals surface area contributed by atoms with Crippen molar-refractivity contribution in [2.45, 2.75) is 103 Å². The zero-order chi connectivity index (χ0) is 32.1. The summed E-state index contributed by atoms with van der Waals surface area (Å²) in [5, 5.41) is 27.3. The van der Waals surface area contributed by atoms with E-state index in [0.717, 1.165) is 37.7 Å². The minimum atomic E-state index is -4.04. The van der Waals surface area contributed by atoms with Gasteiger partial charge >= 0.3 is 0 Å². The Balaban J connectivity index is 1.77. The number of nitrogens with zero attached hydrogens (tertiary/aromatic N) is 1. The Morgan fingerprint density at radius 2 is 1.68 bits per heavy atom. The summed E-state index contributed by atoms with van der Waals surface area (Å²) in [6.07, 6.45) is 2.51. The predicted molar refractivity (Wildman–Crippen MR) is 167 cm³/mol. The second-order valence-electron chi connectivity index (χ2n) is 12.3. The molecule has 2 fully saturated rings. The molecule has 1 aliphatic heterocycles. The van der Waals surface area contributed by atoms with E-state index < -0.39 is 52.5 Å². The molecule has 5 N–H and O–H groups in total. The van der Waals surface area contributed by atoms with Crippen LogP contribution in [0.5, 0.6) is 0 Å². The molecule has 0 bridgehead atoms. The molecule has 12 nitrogen and oxygen atoms in total. The first kappa shape index (κ1) is 36.3. The third-order valence-electron chi connectivity index (χ3n) is 8.20. The van der Waals surface area contributed by atoms with Gasteiger partial charge in [0.25, 0.3) is 16.1 Å². The number of nitrogens with one attached hydrogen (secondary N) is 3. The molecule has 44 heavy (non-hydrogen) atoms. The Morgan fingerprint density at radius 1 is 1.02 bits per heavy atom. The quantitative estimate of drug-likeness (QED) is 0.160. The molecule has 1 aliphatic carbocycles. The molecule has 2 aliphatic rings. The van der Waals surface area contributed by atoms with Crippen LogP contribution in [0.1, 0.15) is 71.3 Å². The van der Waals surface area contributed by atoms with Crippen molar-refractivity contribution in [3.05, 3.63) is 35.9 Å². The van der Waals surface area contributed by atoms with E-state index in [1.807, 2.05) is 19.9 Å². The first-order valence-electron chi connectivity index (χ1n) is 16.0. The molecular weight excluding hydrogens is 588 g/mol. The molecule has 13 heteroatoms. The number of amides is 2. The van der Waals surface area contributed by atoms with Gasteiger partial charge in [0.1, 0.15) is 12.1 Å². The van der Waals surface area contributed by atoms with Crippen LogP contribution in [0.25, 0.3) is 0 Å². The Kier molecular flexibility index (Phi) is 15.0. The lowest BCUT2D eigenvalue weighted by molar-refractivity contribution is -0.143. The Morgan fingerprint density at radius 3 is 2.30 bits per heavy atom. The summed E-state index contributed by atoms with van der Waals surface area (Å²) in [4.78, 5) is 27.2. The SMILES string of the molecule is CCO[C@H](NC(=O)[C@H](Cc1ccccc1)NS(=O)(=O)N1CCOCC1)C(=O)N[C@@H](CC1CCCCC1)[C@@H](O)[C@@H](O)CC(C)C. The topological polar surface area (TPSA) is 167 Å². The van der Waals surface area contributed by atoms with E-state index in [1.165, 1.54) is 4.31 Å². The lowest BCUT2D eigenvalue weighted by Gasteiger charge is -2.33. The fourth-order valence-electron chi connectivity index (χ4n) is 5.87. The van der Waals surface area contributed by atoms with Crippen LogP contribution in [0.4, 0.5) is 0 Å². The average Bonchev–Trinajstić information content (AvgIpc) is 3.00. The number of ether oxygens (including phenoxy) is 2. The van der Waals surface area contributed by atoms with E-state index in [9.17, 15) is 28.2 Å². The van der Waals surface area contributed by atoms with Gasteiger partial charge in [0, 0.05) is 19.7 Å². The molecule has 1 aromatic rings. The highest BCUT2D eigenvalue weighted by Crippen LogP contribution is 2.29. The second kappa shape index (κ2) is 18.1. The number of morpholine rings is 1. The van der Waals surface area contributed by atoms with E-state index in [0.29, 0.717) is 18.8 Å². The van der Waals surface area contributed by atoms with Crippen molar-refractivity contribution in [1.82, 2.24) is 19.7 Å². The van der Waals surface area contributed by atoms with Crippen LogP contribution < -0.4 is 15.4 Å². The van der Waals surface area contributed by atoms with Gasteiger partial charge in [-0.05, 0) is 43.6 Å². The van der Waals surface area contributed by atoms with Crippen LogP contribution in [0.2, 0.25) is 0 Å². The van der Waals surface area contributed by atoms with Crippen LogP contribution in [-0.4, -0.2) is 98.2 Å². The minimum absolute atomic E-state index is 0.0428. The molecule has 1 saturated heterocycles. The molecule has 0 spiro atoms. The molecule has 0 unspecified atom stereocenters. The van der Waals surface area contributed by atoms with Gasteiger partial charge in [-0.15, -0.1) is 0 Å². The molecule has 0 radical (unpaired) electrons. The zero-order valence-corrected chi connectivity index (χ0v) is 27.1. The van der Waals surface area contributed by atoms with Crippen molar-refractivity contribution in [3.8, 4) is 0 Å². The van der Waals surface area contributed by atoms with Crippen LogP contribution in [0, 0.1) is 11.8 Å². The minimum Gasteiger partial charge on any atom is -0.390 e. The lowest BCUT2D eigenvalue weighted by atomic mass is 9.82. The van der Waals surface area contributed by atoms with E-state index in [-0.39, 0.29) is 45.2 Å². The van der Waals surface area contributed by atoms with Gasteiger partial charge in [0.15, 0.2) is 0 Å². The van der Waals surface area contributed by atoms with Crippen molar-refractivity contribution in [2.75, 3.05) is 32.9 Å². The standard InChI is InChI=1S/C31H52N4O8S/c1-4-43-31(30(39)32-25(20-23-11-7-5-8-12-23)28(37)27(36)19-22(2)3)33-29(38)26(21-24-13-9-6-10-14-24)34-44(40,41)35-15-17-42-18-16-35/h6,9-10,13-14,22-23,25-28,31,34,36-37H,4-5,7-8,11-12,15-21H2,1-3H3,(H,32,39)(H,33,38)/t25-,26-,27-,28+,31-/m0/s1. The van der Waals surface area contributed by atoms with Crippen LogP contribution >= 0.6 is 0 Å². The van der Waals surface area contributed by atoms with Gasteiger partial charge in [-0.1, -0.05) is 76.3 Å². The van der Waals surface area contributed by atoms with Crippen molar-refractivity contribution in [2.24, 2.45) is 11.8 Å². The molecule has 250 valence electrons. The average molecular weight is 641 g/mol. The first-order valence-corrected chi connectivity index (χ1v) is 17.4. The maximum Gasteiger partial charge on any atom is 0.280 e. The number of hydrogen-bond acceptors (Lipinski definition) is 8. The monoisotopic (exact) mass is 640 g/mol. The summed E-state index contributed by atoms with van der Waals surface area (Å²) in [7, 11) is -4.04. The fourth-order valence-corrected chi connectivity index (χ4v) is 7.20. The lowest BCUT2D eigenvalue weighted by Crippen LogP contribution is -2.59. The van der Waals surface area contributed by atoms with E-state index in [1.54, 1.807) is 31.2 Å². The fraction of sp³-hybridized carbons (Fsp3) is 0.742. The maximum atomic E-state index is 13.6. The van der Waals surface area contributed by atoms with Gasteiger partial charge in [0.2, 0.25) is 12.1 Å². The first-order chi connectivity index (χ1) is 21.0. The van der Waals surface area contributed by atoms with E-state index >= 15 is 0 Å². The van der Waals surface area contributed by atoms with Crippen LogP contribution in [-0.2, 0) is 35.7 Å². The number of carbonyl (C=O) groups excluding carboxylic acids is 2. The Labute approximate surface area is 262 Å². The predicted octanol–water partition coefficient (Wildman–Crippen LogP) is 1.47. The van der Waals surface area contributed by atoms with Crippen molar-refractivity contribution < 1.29 is 37.7 Å². The number of carbonyl (C=O) groups is 2. The normalized spacial score (nSPS) is 20.4. The van der Waals surface area contributed by atoms with Gasteiger partial charge in [-0.3, -0.25) is 9.59 Å². The van der Waals surface area contributed by atoms with Crippen molar-refractivity contribution in [1.29, 1.82) is 0 Å². The molecular formula is C31H52N4O8S. The highest BCUT2D eigenvalue weighted by atomic mass is 32.2. The number of aliphatic hydroxyl groups excluding tert-OH is 2. The van der Waals surface area contributed by atoms with Crippen LogP contribution in [0.15, 0.2) is 30.3 Å². The molecule has 3 rings (SSSR count). The van der Waals surface area contributed by atoms with E-state index in [4.69, 9.17) is 9.47 Å². The largest absolute Gasteiger partial charge is 0.390 e. The molecule has 2 amide bonds. The molecule has 0 aromatic heterocycles. The number of aliphatic hydroxyl groups is 2. The zero-order valence-electron chi connectivity index (χ0n) is 26.3. The Bertz CT molecular complexity index is 1110. The summed E-state index contributed by atoms with van der Waals surface area (Å²) < 4.78 is 41.0. The summed E-state index contributed by atoms with van der Waals surface area (Å²) in [5.74, 6) is -0.973. The van der Waals surface area contributed by atoms with Crippen molar-refractivity contribution in [3.63, 3.8) is 0 Å². The summed E-state index contributed by atoms with van der Waals surface area (Å²) in [6.45, 7) is 6.49. The smallest absolute Gasteiger partial charge is 0.280 e. The van der Waals surface area contributed by atoms with Gasteiger partial charge in [0.05, 0.1) is 25.4 Å². The summed E-state index contributed by atoms with van der Waals surface area (Å²) in [6, 6.07) is 7.00. The second-order valence-corrected chi connectivity index (χ2v) is 14.0. The molecule has 1 heterocycles. The third kappa shape index (κ3) is 11.7. The summed E-state index contributed by atoms with van der Waals surface area (Å²) in [5.41, 5.74) is 0.726. The molecule has 1 saturated carbocycles. The third-order valence-corrected chi connectivity index (χ3v) is 9.83. The summed E-state index contributed by atoms with van der Waals surface area (Å²) >= 11 is 0. The molecule has 1 aromatic carbocycles. The highest BCUT2D eigenvalue weighted by Gasteiger charge is 2.36. The Hall–Kier alpha value is -2.13. The maximum absolute atomic E-state index is 13.6. The van der Waals surface area contributed by atoms with Gasteiger partial charge in [-0.2, -0.15) is 17.4 Å². The van der Waals surface area contributed by atoms with Crippen LogP contribution in [0.3, 0.4) is 0 Å². The van der Waals surface area contributed by atoms with E-state index in [2.05, 4.69) is 15.4 Å². The van der Waals surface area contributed by atoms with Gasteiger partial charge < -0.3 is 30.3 Å². The number of benzene rings is 1. The van der Waals surface area contributed by atoms with Gasteiger partial charge in [-0.25, -0.2) is 0 Å². The van der Waals surface area contributed by atoms with Crippen molar-refractivity contribution >= 4 is 22.0 Å². The number of rotatable bonds is 17. The number of hydrogen-bond donors (Lipinski definition) is 5.